The van der Waals surface area contributed by atoms with Crippen molar-refractivity contribution in [3.05, 3.63) is 23.9 Å². The van der Waals surface area contributed by atoms with Crippen LogP contribution in [-0.2, 0) is 6.54 Å². The molecule has 0 saturated carbocycles. The van der Waals surface area contributed by atoms with Crippen LogP contribution in [0, 0.1) is 5.92 Å². The average Bonchev–Trinajstić information content (AvgIpc) is 2.34. The van der Waals surface area contributed by atoms with E-state index in [-0.39, 0.29) is 0 Å². The molecular formula is C12H19N3OS. The molecule has 0 saturated heterocycles. The Morgan fingerprint density at radius 3 is 2.71 bits per heavy atom. The van der Waals surface area contributed by atoms with Gasteiger partial charge in [-0.1, -0.05) is 19.9 Å². The minimum Gasteiger partial charge on any atom is -0.481 e. The minimum absolute atomic E-state index is 0.581. The van der Waals surface area contributed by atoms with Crippen LogP contribution in [0.25, 0.3) is 0 Å². The SMILES string of the molecule is COc1ccc(CNC(=S)NCC(C)C)cn1. The van der Waals surface area contributed by atoms with Crippen molar-refractivity contribution in [3.8, 4) is 5.88 Å². The maximum absolute atomic E-state index is 5.15. The fraction of sp³-hybridized carbons (Fsp3) is 0.500. The lowest BCUT2D eigenvalue weighted by Crippen LogP contribution is -2.36. The second kappa shape index (κ2) is 7.06. The van der Waals surface area contributed by atoms with Crippen LogP contribution >= 0.6 is 12.2 Å². The molecule has 0 aromatic carbocycles. The number of aromatic nitrogens is 1. The van der Waals surface area contributed by atoms with E-state index in [4.69, 9.17) is 17.0 Å². The van der Waals surface area contributed by atoms with Crippen LogP contribution in [0.15, 0.2) is 18.3 Å². The predicted molar refractivity (Wildman–Crippen MR) is 73.1 cm³/mol. The summed E-state index contributed by atoms with van der Waals surface area (Å²) in [6, 6.07) is 3.80. The Hall–Kier alpha value is -1.36. The molecule has 4 nitrogen and oxygen atoms in total. The van der Waals surface area contributed by atoms with Gasteiger partial charge in [-0.15, -0.1) is 0 Å². The molecule has 1 aromatic rings. The van der Waals surface area contributed by atoms with Gasteiger partial charge in [-0.3, -0.25) is 0 Å². The number of rotatable bonds is 5. The molecule has 0 atom stereocenters. The molecule has 1 heterocycles. The van der Waals surface area contributed by atoms with Crippen LogP contribution in [-0.4, -0.2) is 23.8 Å². The summed E-state index contributed by atoms with van der Waals surface area (Å²) in [6.45, 7) is 5.83. The van der Waals surface area contributed by atoms with E-state index in [2.05, 4.69) is 29.5 Å². The Bertz CT molecular complexity index is 351. The molecular weight excluding hydrogens is 234 g/mol. The normalized spacial score (nSPS) is 10.1. The Morgan fingerprint density at radius 2 is 2.18 bits per heavy atom. The number of thiocarbonyl (C=S) groups is 1. The summed E-state index contributed by atoms with van der Waals surface area (Å²) in [6.07, 6.45) is 1.77. The zero-order valence-electron chi connectivity index (χ0n) is 10.5. The molecule has 5 heteroatoms. The van der Waals surface area contributed by atoms with Gasteiger partial charge in [0.1, 0.15) is 0 Å². The summed E-state index contributed by atoms with van der Waals surface area (Å²) >= 11 is 5.15. The average molecular weight is 253 g/mol. The molecule has 0 radical (unpaired) electrons. The zero-order valence-corrected chi connectivity index (χ0v) is 11.3. The van der Waals surface area contributed by atoms with Gasteiger partial charge in [-0.2, -0.15) is 0 Å². The Balaban J connectivity index is 2.31. The molecule has 0 spiro atoms. The van der Waals surface area contributed by atoms with Gasteiger partial charge in [-0.25, -0.2) is 4.98 Å². The maximum atomic E-state index is 5.15. The van der Waals surface area contributed by atoms with Crippen LogP contribution in [0.4, 0.5) is 0 Å². The Kier molecular flexibility index (Phi) is 5.69. The molecule has 2 N–H and O–H groups in total. The van der Waals surface area contributed by atoms with Gasteiger partial charge >= 0.3 is 0 Å². The third-order valence-electron chi connectivity index (χ3n) is 2.13. The number of methoxy groups -OCH3 is 1. The summed E-state index contributed by atoms with van der Waals surface area (Å²) in [5.41, 5.74) is 1.07. The van der Waals surface area contributed by atoms with E-state index in [0.29, 0.717) is 23.5 Å². The molecule has 94 valence electrons. The molecule has 1 rings (SSSR count). The molecule has 0 aliphatic rings. The lowest BCUT2D eigenvalue weighted by molar-refractivity contribution is 0.397. The van der Waals surface area contributed by atoms with Gasteiger partial charge < -0.3 is 15.4 Å². The first kappa shape index (κ1) is 13.7. The summed E-state index contributed by atoms with van der Waals surface area (Å²) in [5.74, 6) is 1.20. The largest absolute Gasteiger partial charge is 0.481 e. The highest BCUT2D eigenvalue weighted by molar-refractivity contribution is 7.80. The summed E-state index contributed by atoms with van der Waals surface area (Å²) in [4.78, 5) is 4.12. The third-order valence-corrected chi connectivity index (χ3v) is 2.42. The van der Waals surface area contributed by atoms with E-state index < -0.39 is 0 Å². The zero-order chi connectivity index (χ0) is 12.7. The van der Waals surface area contributed by atoms with Gasteiger partial charge in [-0.05, 0) is 23.7 Å². The van der Waals surface area contributed by atoms with Crippen molar-refractivity contribution in [1.82, 2.24) is 15.6 Å². The summed E-state index contributed by atoms with van der Waals surface area (Å²) in [5, 5.41) is 6.96. The molecule has 1 aromatic heterocycles. The van der Waals surface area contributed by atoms with Gasteiger partial charge in [0.15, 0.2) is 5.11 Å². The van der Waals surface area contributed by atoms with Gasteiger partial charge in [0.2, 0.25) is 5.88 Å². The van der Waals surface area contributed by atoms with E-state index in [1.165, 1.54) is 0 Å². The van der Waals surface area contributed by atoms with Crippen LogP contribution < -0.4 is 15.4 Å². The first-order chi connectivity index (χ1) is 8.11. The number of hydrogen-bond donors (Lipinski definition) is 2. The molecule has 0 aliphatic heterocycles. The van der Waals surface area contributed by atoms with Crippen molar-refractivity contribution in [1.29, 1.82) is 0 Å². The van der Waals surface area contributed by atoms with E-state index >= 15 is 0 Å². The van der Waals surface area contributed by atoms with Crippen LogP contribution in [0.2, 0.25) is 0 Å². The molecule has 0 bridgehead atoms. The van der Waals surface area contributed by atoms with Crippen LogP contribution in [0.1, 0.15) is 19.4 Å². The van der Waals surface area contributed by atoms with E-state index in [1.807, 2.05) is 12.1 Å². The first-order valence-electron chi connectivity index (χ1n) is 5.62. The summed E-state index contributed by atoms with van der Waals surface area (Å²) in [7, 11) is 1.60. The highest BCUT2D eigenvalue weighted by atomic mass is 32.1. The highest BCUT2D eigenvalue weighted by Crippen LogP contribution is 2.05. The number of nitrogens with zero attached hydrogens (tertiary/aromatic N) is 1. The quantitative estimate of drug-likeness (QED) is 0.782. The van der Waals surface area contributed by atoms with Crippen LogP contribution in [0.5, 0.6) is 5.88 Å². The van der Waals surface area contributed by atoms with Crippen molar-refractivity contribution >= 4 is 17.3 Å². The fourth-order valence-electron chi connectivity index (χ4n) is 1.18. The predicted octanol–water partition coefficient (Wildman–Crippen LogP) is 1.71. The first-order valence-corrected chi connectivity index (χ1v) is 6.03. The second-order valence-electron chi connectivity index (χ2n) is 4.17. The monoisotopic (exact) mass is 253 g/mol. The van der Waals surface area contributed by atoms with E-state index in [9.17, 15) is 0 Å². The fourth-order valence-corrected chi connectivity index (χ4v) is 1.33. The van der Waals surface area contributed by atoms with E-state index in [1.54, 1.807) is 13.3 Å². The second-order valence-corrected chi connectivity index (χ2v) is 4.57. The van der Waals surface area contributed by atoms with Gasteiger partial charge in [0.25, 0.3) is 0 Å². The number of pyridine rings is 1. The smallest absolute Gasteiger partial charge is 0.212 e. The van der Waals surface area contributed by atoms with Crippen molar-refractivity contribution in [3.63, 3.8) is 0 Å². The molecule has 17 heavy (non-hydrogen) atoms. The molecule has 0 aliphatic carbocycles. The van der Waals surface area contributed by atoms with Crippen molar-refractivity contribution < 1.29 is 4.74 Å². The molecule has 0 unspecified atom stereocenters. The third kappa shape index (κ3) is 5.49. The van der Waals surface area contributed by atoms with Gasteiger partial charge in [0, 0.05) is 25.4 Å². The van der Waals surface area contributed by atoms with Crippen molar-refractivity contribution in [2.45, 2.75) is 20.4 Å². The number of hydrogen-bond acceptors (Lipinski definition) is 3. The topological polar surface area (TPSA) is 46.2 Å². The highest BCUT2D eigenvalue weighted by Gasteiger charge is 1.99. The Labute approximate surface area is 108 Å². The minimum atomic E-state index is 0.581. The van der Waals surface area contributed by atoms with Gasteiger partial charge in [0.05, 0.1) is 7.11 Å². The Morgan fingerprint density at radius 1 is 1.41 bits per heavy atom. The van der Waals surface area contributed by atoms with Crippen molar-refractivity contribution in [2.24, 2.45) is 5.92 Å². The van der Waals surface area contributed by atoms with E-state index in [0.717, 1.165) is 12.1 Å². The molecule has 0 amide bonds. The van der Waals surface area contributed by atoms with Crippen LogP contribution in [0.3, 0.4) is 0 Å². The lowest BCUT2D eigenvalue weighted by Gasteiger charge is -2.12. The number of nitrogens with one attached hydrogen (secondary N) is 2. The molecule has 0 fully saturated rings. The number of ether oxygens (including phenoxy) is 1. The lowest BCUT2D eigenvalue weighted by atomic mass is 10.2. The summed E-state index contributed by atoms with van der Waals surface area (Å²) < 4.78 is 4.99. The maximum Gasteiger partial charge on any atom is 0.212 e. The standard InChI is InChI=1S/C12H19N3OS/c1-9(2)6-14-12(17)15-8-10-4-5-11(16-3)13-7-10/h4-5,7,9H,6,8H2,1-3H3,(H2,14,15,17). The van der Waals surface area contributed by atoms with Crippen molar-refractivity contribution in [2.75, 3.05) is 13.7 Å².